The monoisotopic (exact) mass is 479 g/mol. The van der Waals surface area contributed by atoms with Crippen LogP contribution in [0.5, 0.6) is 5.88 Å². The lowest BCUT2D eigenvalue weighted by Crippen LogP contribution is -2.27. The fourth-order valence-electron chi connectivity index (χ4n) is 5.19. The highest BCUT2D eigenvalue weighted by Crippen LogP contribution is 2.60. The average Bonchev–Trinajstić information content (AvgIpc) is 3.38. The first-order chi connectivity index (χ1) is 17.0. The van der Waals surface area contributed by atoms with Gasteiger partial charge in [-0.05, 0) is 23.4 Å². The smallest absolute Gasteiger partial charge is 0.414 e. The van der Waals surface area contributed by atoms with Crippen molar-refractivity contribution in [1.29, 1.82) is 5.26 Å². The van der Waals surface area contributed by atoms with E-state index in [2.05, 4.69) is 26.0 Å². The van der Waals surface area contributed by atoms with Gasteiger partial charge in [0.15, 0.2) is 6.10 Å². The number of rotatable bonds is 6. The second-order valence-electron chi connectivity index (χ2n) is 8.83. The van der Waals surface area contributed by atoms with Gasteiger partial charge in [-0.2, -0.15) is 5.26 Å². The van der Waals surface area contributed by atoms with Crippen LogP contribution in [0.2, 0.25) is 0 Å². The average molecular weight is 479 g/mol. The second kappa shape index (κ2) is 8.02. The minimum Gasteiger partial charge on any atom is -0.471 e. The van der Waals surface area contributed by atoms with Crippen molar-refractivity contribution in [3.8, 4) is 23.1 Å². The molecule has 4 heterocycles. The van der Waals surface area contributed by atoms with Gasteiger partial charge in [-0.15, -0.1) is 0 Å². The summed E-state index contributed by atoms with van der Waals surface area (Å²) in [7, 11) is 0. The number of nitrogens with one attached hydrogen (secondary N) is 1. The summed E-state index contributed by atoms with van der Waals surface area (Å²) in [6.07, 6.45) is 1.35. The zero-order chi connectivity index (χ0) is 24.2. The molecule has 2 unspecified atom stereocenters. The number of ether oxygens (including phenoxy) is 2. The van der Waals surface area contributed by atoms with Crippen LogP contribution in [0.1, 0.15) is 5.69 Å². The molecule has 1 N–H and O–H groups in total. The lowest BCUT2D eigenvalue weighted by Gasteiger charge is -2.16. The first-order valence-corrected chi connectivity index (χ1v) is 11.1. The molecule has 3 aliphatic rings. The Labute approximate surface area is 198 Å². The Morgan fingerprint density at radius 2 is 2.00 bits per heavy atom. The van der Waals surface area contributed by atoms with E-state index in [0.717, 1.165) is 30.1 Å². The number of hydrogen-bond donors (Lipinski definition) is 1. The molecule has 3 atom stereocenters. The van der Waals surface area contributed by atoms with Crippen molar-refractivity contribution < 1.29 is 27.6 Å². The molecule has 2 aliphatic heterocycles. The number of nitrogens with zero attached hydrogens (tertiary/aromatic N) is 4. The number of anilines is 1. The van der Waals surface area contributed by atoms with Crippen LogP contribution in [-0.2, 0) is 10.2 Å². The topological polar surface area (TPSA) is 114 Å². The van der Waals surface area contributed by atoms with Gasteiger partial charge in [-0.1, -0.05) is 6.07 Å². The summed E-state index contributed by atoms with van der Waals surface area (Å²) in [5.74, 6) is -1.02. The number of amides is 1. The van der Waals surface area contributed by atoms with Crippen LogP contribution < -0.4 is 15.0 Å². The van der Waals surface area contributed by atoms with E-state index >= 15 is 8.78 Å². The normalized spacial score (nSPS) is 26.8. The number of carbonyl (C=O) groups excluding carboxylic acids is 1. The molecule has 9 nitrogen and oxygen atoms in total. The van der Waals surface area contributed by atoms with E-state index < -0.39 is 29.2 Å². The Balaban J connectivity index is 1.20. The molecule has 1 aromatic carbocycles. The molecular weight excluding hydrogens is 460 g/mol. The molecule has 3 fully saturated rings. The van der Waals surface area contributed by atoms with Crippen molar-refractivity contribution in [2.24, 2.45) is 11.8 Å². The van der Waals surface area contributed by atoms with Crippen molar-refractivity contribution in [2.75, 3.05) is 31.1 Å². The molecule has 3 aromatic rings. The summed E-state index contributed by atoms with van der Waals surface area (Å²) < 4.78 is 45.4. The van der Waals surface area contributed by atoms with E-state index in [-0.39, 0.29) is 47.7 Å². The molecule has 6 rings (SSSR count). The van der Waals surface area contributed by atoms with Crippen molar-refractivity contribution in [2.45, 2.75) is 11.5 Å². The summed E-state index contributed by atoms with van der Waals surface area (Å²) in [4.78, 5) is 17.8. The summed E-state index contributed by atoms with van der Waals surface area (Å²) in [6, 6.07) is 9.32. The van der Waals surface area contributed by atoms with E-state index in [4.69, 9.17) is 9.47 Å². The maximum absolute atomic E-state index is 15.1. The number of nitriles is 1. The quantitative estimate of drug-likeness (QED) is 0.574. The number of halogens is 2. The highest BCUT2D eigenvalue weighted by molar-refractivity contribution is 5.90. The van der Waals surface area contributed by atoms with E-state index in [1.807, 2.05) is 0 Å². The Hall–Kier alpha value is -4.04. The van der Waals surface area contributed by atoms with Gasteiger partial charge >= 0.3 is 6.09 Å². The van der Waals surface area contributed by atoms with Gasteiger partial charge in [0, 0.05) is 42.8 Å². The highest BCUT2D eigenvalue weighted by atomic mass is 19.1. The lowest BCUT2D eigenvalue weighted by atomic mass is 9.95. The van der Waals surface area contributed by atoms with Crippen LogP contribution in [0, 0.1) is 34.8 Å². The van der Waals surface area contributed by atoms with Crippen LogP contribution in [0.3, 0.4) is 0 Å². The van der Waals surface area contributed by atoms with E-state index in [1.165, 1.54) is 18.5 Å². The molecule has 1 amide bonds. The third-order valence-electron chi connectivity index (χ3n) is 6.98. The largest absolute Gasteiger partial charge is 0.471 e. The number of cyclic esters (lactones) is 1. The predicted octanol–water partition coefficient (Wildman–Crippen LogP) is 3.03. The molecule has 0 spiro atoms. The molecule has 35 heavy (non-hydrogen) atoms. The Bertz CT molecular complexity index is 1290. The van der Waals surface area contributed by atoms with Crippen LogP contribution in [-0.4, -0.2) is 48.6 Å². The number of piperidine rings is 1. The highest BCUT2D eigenvalue weighted by Gasteiger charge is 2.69. The van der Waals surface area contributed by atoms with Crippen molar-refractivity contribution in [1.82, 2.24) is 15.5 Å². The third-order valence-corrected chi connectivity index (χ3v) is 6.98. The standard InChI is InChI=1S/C24H19F2N5O4/c25-18-5-14(31-10-15(35-23(31)32)11-33-21-3-4-34-30-21)6-19(26)22(18)13-1-2-20(29-7-13)24(12-27)16-8-28-9-17(16)24/h1-7,15-17,28H,8-11H2/t15-,16?,17?,24?/m1/s1. The maximum atomic E-state index is 15.1. The van der Waals surface area contributed by atoms with E-state index in [1.54, 1.807) is 12.1 Å². The molecular formula is C24H19F2N5O4. The Kier molecular flexibility index (Phi) is 4.93. The maximum Gasteiger partial charge on any atom is 0.414 e. The van der Waals surface area contributed by atoms with Gasteiger partial charge < -0.3 is 19.3 Å². The second-order valence-corrected chi connectivity index (χ2v) is 8.83. The number of pyridine rings is 1. The number of carbonyl (C=O) groups is 1. The van der Waals surface area contributed by atoms with Gasteiger partial charge in [0.05, 0.1) is 29.6 Å². The summed E-state index contributed by atoms with van der Waals surface area (Å²) in [6.45, 7) is 1.59. The van der Waals surface area contributed by atoms with Crippen molar-refractivity contribution in [3.05, 3.63) is 60.1 Å². The van der Waals surface area contributed by atoms with Crippen LogP contribution >= 0.6 is 0 Å². The van der Waals surface area contributed by atoms with Crippen molar-refractivity contribution >= 4 is 11.8 Å². The van der Waals surface area contributed by atoms with Crippen molar-refractivity contribution in [3.63, 3.8) is 0 Å². The lowest BCUT2D eigenvalue weighted by molar-refractivity contribution is 0.102. The zero-order valence-corrected chi connectivity index (χ0v) is 18.3. The summed E-state index contributed by atoms with van der Waals surface area (Å²) in [5, 5.41) is 16.6. The van der Waals surface area contributed by atoms with E-state index in [9.17, 15) is 10.1 Å². The fraction of sp³-hybridized carbons (Fsp3) is 0.333. The van der Waals surface area contributed by atoms with Gasteiger partial charge in [-0.25, -0.2) is 13.6 Å². The molecule has 1 aliphatic carbocycles. The molecule has 1 saturated carbocycles. The Morgan fingerprint density at radius 3 is 2.63 bits per heavy atom. The van der Waals surface area contributed by atoms with Gasteiger partial charge in [0.2, 0.25) is 0 Å². The third kappa shape index (κ3) is 3.40. The minimum atomic E-state index is -0.841. The van der Waals surface area contributed by atoms with Gasteiger partial charge in [0.1, 0.15) is 29.9 Å². The van der Waals surface area contributed by atoms with E-state index in [0.29, 0.717) is 5.69 Å². The van der Waals surface area contributed by atoms with Gasteiger partial charge in [-0.3, -0.25) is 9.88 Å². The summed E-state index contributed by atoms with van der Waals surface area (Å²) in [5.41, 5.74) is 0.0138. The van der Waals surface area contributed by atoms with Crippen LogP contribution in [0.4, 0.5) is 19.3 Å². The minimum absolute atomic E-state index is 0.0117. The predicted molar refractivity (Wildman–Crippen MR) is 116 cm³/mol. The van der Waals surface area contributed by atoms with Gasteiger partial charge in [0.25, 0.3) is 5.88 Å². The molecule has 2 saturated heterocycles. The molecule has 2 aromatic heterocycles. The number of fused-ring (bicyclic) bond motifs is 1. The fourth-order valence-corrected chi connectivity index (χ4v) is 5.19. The van der Waals surface area contributed by atoms with Crippen LogP contribution in [0.25, 0.3) is 11.1 Å². The van der Waals surface area contributed by atoms with Crippen LogP contribution in [0.15, 0.2) is 47.3 Å². The first kappa shape index (κ1) is 21.5. The SMILES string of the molecule is N#CC1(c2ccc(-c3c(F)cc(N4C[C@H](COc5ccon5)OC4=O)cc3F)cn2)C2CNCC21. The molecule has 11 heteroatoms. The zero-order valence-electron chi connectivity index (χ0n) is 18.3. The number of aromatic nitrogens is 2. The number of hydrogen-bond acceptors (Lipinski definition) is 8. The number of benzene rings is 1. The molecule has 178 valence electrons. The molecule has 0 bridgehead atoms. The first-order valence-electron chi connectivity index (χ1n) is 11.1. The Morgan fingerprint density at radius 1 is 1.23 bits per heavy atom. The molecule has 0 radical (unpaired) electrons. The summed E-state index contributed by atoms with van der Waals surface area (Å²) >= 11 is 0.